The van der Waals surface area contributed by atoms with Crippen LogP contribution in [0.15, 0.2) is 46.9 Å². The van der Waals surface area contributed by atoms with Gasteiger partial charge in [0.25, 0.3) is 0 Å². The third-order valence-electron chi connectivity index (χ3n) is 4.31. The van der Waals surface area contributed by atoms with Crippen LogP contribution in [0, 0.1) is 0 Å². The van der Waals surface area contributed by atoms with Crippen LogP contribution in [0.4, 0.5) is 0 Å². The van der Waals surface area contributed by atoms with E-state index in [9.17, 15) is 4.79 Å². The predicted molar refractivity (Wildman–Crippen MR) is 90.6 cm³/mol. The first-order valence-corrected chi connectivity index (χ1v) is 8.91. The fourth-order valence-corrected chi connectivity index (χ4v) is 3.86. The van der Waals surface area contributed by atoms with Crippen LogP contribution in [-0.2, 0) is 11.2 Å². The second-order valence-electron chi connectivity index (χ2n) is 5.94. The van der Waals surface area contributed by atoms with Gasteiger partial charge in [-0.05, 0) is 25.0 Å². The van der Waals surface area contributed by atoms with E-state index in [0.717, 1.165) is 42.4 Å². The van der Waals surface area contributed by atoms with E-state index in [1.54, 1.807) is 12.5 Å². The number of hydrogen-bond acceptors (Lipinski definition) is 5. The maximum atomic E-state index is 12.6. The molecule has 1 saturated heterocycles. The maximum absolute atomic E-state index is 12.6. The summed E-state index contributed by atoms with van der Waals surface area (Å²) in [7, 11) is 0. The summed E-state index contributed by atoms with van der Waals surface area (Å²) in [6.45, 7) is 1.56. The summed E-state index contributed by atoms with van der Waals surface area (Å²) in [5, 5.41) is 2.75. The number of piperidine rings is 1. The number of likely N-dealkylation sites (tertiary alicyclic amines) is 1. The molecule has 4 rings (SSSR count). The van der Waals surface area contributed by atoms with Crippen LogP contribution in [-0.4, -0.2) is 38.4 Å². The van der Waals surface area contributed by atoms with Crippen molar-refractivity contribution in [2.75, 3.05) is 13.1 Å². The van der Waals surface area contributed by atoms with Crippen molar-refractivity contribution in [2.45, 2.75) is 25.3 Å². The van der Waals surface area contributed by atoms with E-state index in [1.807, 2.05) is 34.9 Å². The second kappa shape index (κ2) is 6.60. The average molecular weight is 342 g/mol. The molecule has 0 saturated carbocycles. The van der Waals surface area contributed by atoms with Crippen molar-refractivity contribution in [3.63, 3.8) is 0 Å². The standard InChI is InChI=1S/C17H18N4O2S/c22-16(9-13-11-24-17(19-13)15-4-2-8-23-15)20-6-1-3-14(10-20)21-7-5-18-12-21/h2,4-5,7-8,11-12,14H,1,3,6,9-10H2/t14-/m1/s1. The van der Waals surface area contributed by atoms with Gasteiger partial charge in [-0.2, -0.15) is 0 Å². The molecule has 24 heavy (non-hydrogen) atoms. The molecule has 7 heteroatoms. The van der Waals surface area contributed by atoms with Crippen LogP contribution < -0.4 is 0 Å². The Bertz CT molecular complexity index is 795. The second-order valence-corrected chi connectivity index (χ2v) is 6.80. The van der Waals surface area contributed by atoms with Gasteiger partial charge in [0, 0.05) is 30.9 Å². The van der Waals surface area contributed by atoms with Gasteiger partial charge in [-0.1, -0.05) is 0 Å². The molecule has 0 aliphatic carbocycles. The van der Waals surface area contributed by atoms with Gasteiger partial charge in [-0.25, -0.2) is 9.97 Å². The summed E-state index contributed by atoms with van der Waals surface area (Å²) in [4.78, 5) is 23.2. The predicted octanol–water partition coefficient (Wildman–Crippen LogP) is 3.01. The van der Waals surface area contributed by atoms with Gasteiger partial charge in [0.15, 0.2) is 10.8 Å². The summed E-state index contributed by atoms with van der Waals surface area (Å²) in [5.74, 6) is 0.882. The highest BCUT2D eigenvalue weighted by Crippen LogP contribution is 2.25. The largest absolute Gasteiger partial charge is 0.462 e. The van der Waals surface area contributed by atoms with Crippen molar-refractivity contribution in [2.24, 2.45) is 0 Å². The van der Waals surface area contributed by atoms with Gasteiger partial charge < -0.3 is 13.9 Å². The lowest BCUT2D eigenvalue weighted by Gasteiger charge is -2.33. The molecular formula is C17H18N4O2S. The molecule has 4 heterocycles. The summed E-state index contributed by atoms with van der Waals surface area (Å²) in [6, 6.07) is 4.04. The first-order chi connectivity index (χ1) is 11.8. The van der Waals surface area contributed by atoms with Gasteiger partial charge in [0.05, 0.1) is 30.7 Å². The molecule has 1 aliphatic heterocycles. The zero-order chi connectivity index (χ0) is 16.4. The normalized spacial score (nSPS) is 18.0. The molecule has 1 fully saturated rings. The molecule has 1 amide bonds. The Morgan fingerprint density at radius 1 is 1.46 bits per heavy atom. The molecule has 0 N–H and O–H groups in total. The van der Waals surface area contributed by atoms with Gasteiger partial charge in [0.1, 0.15) is 0 Å². The minimum Gasteiger partial charge on any atom is -0.462 e. The molecule has 3 aromatic heterocycles. The quantitative estimate of drug-likeness (QED) is 0.731. The van der Waals surface area contributed by atoms with Crippen molar-refractivity contribution in [3.05, 3.63) is 48.2 Å². The van der Waals surface area contributed by atoms with Crippen LogP contribution in [0.2, 0.25) is 0 Å². The lowest BCUT2D eigenvalue weighted by atomic mass is 10.1. The zero-order valence-corrected chi connectivity index (χ0v) is 14.0. The van der Waals surface area contributed by atoms with Crippen molar-refractivity contribution in [1.29, 1.82) is 0 Å². The van der Waals surface area contributed by atoms with Crippen LogP contribution in [0.1, 0.15) is 24.6 Å². The minimum absolute atomic E-state index is 0.135. The zero-order valence-electron chi connectivity index (χ0n) is 13.2. The fourth-order valence-electron chi connectivity index (χ4n) is 3.08. The highest BCUT2D eigenvalue weighted by atomic mass is 32.1. The van der Waals surface area contributed by atoms with E-state index in [0.29, 0.717) is 12.5 Å². The Labute approximate surface area is 143 Å². The van der Waals surface area contributed by atoms with Crippen LogP contribution in [0.25, 0.3) is 10.8 Å². The fraction of sp³-hybridized carbons (Fsp3) is 0.353. The maximum Gasteiger partial charge on any atom is 0.228 e. The smallest absolute Gasteiger partial charge is 0.228 e. The summed E-state index contributed by atoms with van der Waals surface area (Å²) in [6.07, 6.45) is 9.65. The number of thiazole rings is 1. The summed E-state index contributed by atoms with van der Waals surface area (Å²) in [5.41, 5.74) is 0.807. The molecular weight excluding hydrogens is 324 g/mol. The van der Waals surface area contributed by atoms with E-state index in [1.165, 1.54) is 11.3 Å². The van der Waals surface area contributed by atoms with Crippen molar-refractivity contribution in [1.82, 2.24) is 19.4 Å². The molecule has 0 aromatic carbocycles. The SMILES string of the molecule is O=C(Cc1csc(-c2ccco2)n1)N1CCC[C@@H](n2ccnc2)C1. The number of rotatable bonds is 4. The molecule has 6 nitrogen and oxygen atoms in total. The van der Waals surface area contributed by atoms with Gasteiger partial charge in [0.2, 0.25) is 5.91 Å². The van der Waals surface area contributed by atoms with E-state index in [-0.39, 0.29) is 5.91 Å². The number of nitrogens with zero attached hydrogens (tertiary/aromatic N) is 4. The van der Waals surface area contributed by atoms with E-state index in [2.05, 4.69) is 14.5 Å². The Balaban J connectivity index is 1.41. The Hall–Kier alpha value is -2.41. The van der Waals surface area contributed by atoms with Gasteiger partial charge in [-0.3, -0.25) is 4.79 Å². The van der Waals surface area contributed by atoms with Crippen LogP contribution in [0.5, 0.6) is 0 Å². The van der Waals surface area contributed by atoms with Crippen LogP contribution >= 0.6 is 11.3 Å². The highest BCUT2D eigenvalue weighted by molar-refractivity contribution is 7.13. The number of amides is 1. The Morgan fingerprint density at radius 2 is 2.42 bits per heavy atom. The van der Waals surface area contributed by atoms with Crippen molar-refractivity contribution < 1.29 is 9.21 Å². The summed E-state index contributed by atoms with van der Waals surface area (Å²) >= 11 is 1.51. The molecule has 1 aliphatic rings. The molecule has 0 unspecified atom stereocenters. The Morgan fingerprint density at radius 3 is 3.21 bits per heavy atom. The number of furan rings is 1. The lowest BCUT2D eigenvalue weighted by molar-refractivity contribution is -0.132. The topological polar surface area (TPSA) is 64.2 Å². The molecule has 3 aromatic rings. The van der Waals surface area contributed by atoms with E-state index < -0.39 is 0 Å². The first kappa shape index (κ1) is 15.1. The number of hydrogen-bond donors (Lipinski definition) is 0. The average Bonchev–Trinajstić information content (AvgIpc) is 3.36. The van der Waals surface area contributed by atoms with Gasteiger partial charge >= 0.3 is 0 Å². The third kappa shape index (κ3) is 3.12. The highest BCUT2D eigenvalue weighted by Gasteiger charge is 2.25. The van der Waals surface area contributed by atoms with Crippen molar-refractivity contribution >= 4 is 17.2 Å². The van der Waals surface area contributed by atoms with Gasteiger partial charge in [-0.15, -0.1) is 11.3 Å². The molecule has 0 spiro atoms. The minimum atomic E-state index is 0.135. The third-order valence-corrected chi connectivity index (χ3v) is 5.22. The molecule has 0 bridgehead atoms. The number of carbonyl (C=O) groups excluding carboxylic acids is 1. The molecule has 1 atom stereocenters. The Kier molecular flexibility index (Phi) is 4.17. The lowest BCUT2D eigenvalue weighted by Crippen LogP contribution is -2.41. The first-order valence-electron chi connectivity index (χ1n) is 8.03. The molecule has 0 radical (unpaired) electrons. The van der Waals surface area contributed by atoms with Crippen LogP contribution in [0.3, 0.4) is 0 Å². The number of carbonyl (C=O) groups is 1. The number of imidazole rings is 1. The van der Waals surface area contributed by atoms with E-state index >= 15 is 0 Å². The van der Waals surface area contributed by atoms with E-state index in [4.69, 9.17) is 4.42 Å². The monoisotopic (exact) mass is 342 g/mol. The molecule has 124 valence electrons. The summed E-state index contributed by atoms with van der Waals surface area (Å²) < 4.78 is 7.45. The van der Waals surface area contributed by atoms with Crippen molar-refractivity contribution in [3.8, 4) is 10.8 Å². The number of aromatic nitrogens is 3.